The monoisotopic (exact) mass is 185 g/mol. The smallest absolute Gasteiger partial charge is 0.0916 e. The zero-order valence-electron chi connectivity index (χ0n) is 8.41. The highest BCUT2D eigenvalue weighted by Gasteiger charge is 2.35. The molecule has 0 bridgehead atoms. The molecule has 13 heavy (non-hydrogen) atoms. The van der Waals surface area contributed by atoms with E-state index in [2.05, 4.69) is 4.90 Å². The predicted octanol–water partition coefficient (Wildman–Crippen LogP) is -0.0951. The number of hydrogen-bond donors (Lipinski definition) is 1. The van der Waals surface area contributed by atoms with Crippen molar-refractivity contribution in [2.45, 2.75) is 12.8 Å². The fourth-order valence-corrected chi connectivity index (χ4v) is 2.75. The van der Waals surface area contributed by atoms with E-state index in [0.717, 1.165) is 6.54 Å². The number of aliphatic hydroxyl groups is 1. The average Bonchev–Trinajstić information content (AvgIpc) is 2.59. The van der Waals surface area contributed by atoms with Gasteiger partial charge < -0.3 is 9.59 Å². The summed E-state index contributed by atoms with van der Waals surface area (Å²) in [6.45, 7) is 9.04. The van der Waals surface area contributed by atoms with Gasteiger partial charge in [0.2, 0.25) is 0 Å². The standard InChI is InChI=1S/C10H21N2O/c13-10-5-11-3-8-12(9-4-11)6-1-2-7-12/h13H,1-10H2/q+1. The quantitative estimate of drug-likeness (QED) is 0.608. The Morgan fingerprint density at radius 2 is 1.62 bits per heavy atom. The van der Waals surface area contributed by atoms with Crippen molar-refractivity contribution in [2.75, 3.05) is 52.4 Å². The van der Waals surface area contributed by atoms with E-state index in [-0.39, 0.29) is 0 Å². The number of hydrogen-bond acceptors (Lipinski definition) is 2. The Labute approximate surface area is 80.5 Å². The molecule has 0 aliphatic carbocycles. The summed E-state index contributed by atoms with van der Waals surface area (Å²) in [5.74, 6) is 0. The van der Waals surface area contributed by atoms with Gasteiger partial charge in [-0.25, -0.2) is 0 Å². The predicted molar refractivity (Wildman–Crippen MR) is 52.5 cm³/mol. The number of nitrogens with zero attached hydrogens (tertiary/aromatic N) is 2. The molecule has 3 nitrogen and oxygen atoms in total. The Balaban J connectivity index is 1.81. The highest BCUT2D eigenvalue weighted by molar-refractivity contribution is 4.66. The van der Waals surface area contributed by atoms with Crippen LogP contribution in [0.15, 0.2) is 0 Å². The maximum Gasteiger partial charge on any atom is 0.0916 e. The Bertz CT molecular complexity index is 156. The largest absolute Gasteiger partial charge is 0.395 e. The number of β-amino-alcohol motifs (C(OH)–C–C–N with tert-alkyl or cyclic N) is 1. The minimum Gasteiger partial charge on any atom is -0.395 e. The summed E-state index contributed by atoms with van der Waals surface area (Å²) in [5.41, 5.74) is 0. The number of aliphatic hydroxyl groups excluding tert-OH is 1. The number of piperazine rings is 1. The molecule has 0 saturated carbocycles. The van der Waals surface area contributed by atoms with Gasteiger partial charge in [-0.1, -0.05) is 0 Å². The summed E-state index contributed by atoms with van der Waals surface area (Å²) in [7, 11) is 0. The van der Waals surface area contributed by atoms with E-state index in [0.29, 0.717) is 6.61 Å². The van der Waals surface area contributed by atoms with E-state index in [1.54, 1.807) is 0 Å². The maximum atomic E-state index is 8.83. The summed E-state index contributed by atoms with van der Waals surface area (Å²) >= 11 is 0. The lowest BCUT2D eigenvalue weighted by atomic mass is 10.2. The van der Waals surface area contributed by atoms with Gasteiger partial charge >= 0.3 is 0 Å². The number of quaternary nitrogens is 1. The third-order valence-corrected chi connectivity index (χ3v) is 3.71. The van der Waals surface area contributed by atoms with Crippen LogP contribution in [0, 0.1) is 0 Å². The molecular formula is C10H21N2O+. The van der Waals surface area contributed by atoms with Crippen LogP contribution in [0.3, 0.4) is 0 Å². The summed E-state index contributed by atoms with van der Waals surface area (Å²) < 4.78 is 1.38. The van der Waals surface area contributed by atoms with Crippen molar-refractivity contribution in [3.05, 3.63) is 0 Å². The molecule has 0 aromatic heterocycles. The lowest BCUT2D eigenvalue weighted by Crippen LogP contribution is -2.58. The summed E-state index contributed by atoms with van der Waals surface area (Å²) in [5, 5.41) is 8.83. The molecule has 0 amide bonds. The van der Waals surface area contributed by atoms with Gasteiger partial charge in [0.1, 0.15) is 0 Å². The molecule has 2 heterocycles. The van der Waals surface area contributed by atoms with Gasteiger partial charge in [0, 0.05) is 32.5 Å². The molecule has 0 atom stereocenters. The first-order chi connectivity index (χ1) is 6.35. The average molecular weight is 185 g/mol. The molecule has 2 aliphatic rings. The normalized spacial score (nSPS) is 28.4. The Hall–Kier alpha value is -0.120. The minimum absolute atomic E-state index is 0.319. The van der Waals surface area contributed by atoms with Gasteiger partial charge in [-0.3, -0.25) is 4.90 Å². The van der Waals surface area contributed by atoms with Crippen molar-refractivity contribution >= 4 is 0 Å². The highest BCUT2D eigenvalue weighted by Crippen LogP contribution is 2.21. The highest BCUT2D eigenvalue weighted by atomic mass is 16.3. The second kappa shape index (κ2) is 3.95. The van der Waals surface area contributed by atoms with Gasteiger partial charge in [-0.2, -0.15) is 0 Å². The summed E-state index contributed by atoms with van der Waals surface area (Å²) in [6.07, 6.45) is 2.86. The topological polar surface area (TPSA) is 23.5 Å². The Morgan fingerprint density at radius 3 is 2.15 bits per heavy atom. The number of rotatable bonds is 2. The molecule has 0 aromatic carbocycles. The third-order valence-electron chi connectivity index (χ3n) is 3.71. The molecule has 0 radical (unpaired) electrons. The van der Waals surface area contributed by atoms with Gasteiger partial charge in [0.15, 0.2) is 0 Å². The molecule has 1 N–H and O–H groups in total. The van der Waals surface area contributed by atoms with Gasteiger partial charge in [-0.15, -0.1) is 0 Å². The molecule has 3 heteroatoms. The van der Waals surface area contributed by atoms with E-state index in [1.807, 2.05) is 0 Å². The maximum absolute atomic E-state index is 8.83. The van der Waals surface area contributed by atoms with Crippen molar-refractivity contribution in [1.29, 1.82) is 0 Å². The molecule has 76 valence electrons. The first-order valence-corrected chi connectivity index (χ1v) is 5.53. The second-order valence-corrected chi connectivity index (χ2v) is 4.51. The van der Waals surface area contributed by atoms with Crippen LogP contribution in [-0.2, 0) is 0 Å². The molecular weight excluding hydrogens is 164 g/mol. The molecule has 2 aliphatic heterocycles. The molecule has 2 saturated heterocycles. The van der Waals surface area contributed by atoms with Crippen LogP contribution in [-0.4, -0.2) is 66.9 Å². The van der Waals surface area contributed by atoms with Crippen molar-refractivity contribution in [3.8, 4) is 0 Å². The van der Waals surface area contributed by atoms with Gasteiger partial charge in [0.25, 0.3) is 0 Å². The second-order valence-electron chi connectivity index (χ2n) is 4.51. The SMILES string of the molecule is OCCN1CC[N+]2(CCCC2)CC1. The Kier molecular flexibility index (Phi) is 2.86. The van der Waals surface area contributed by atoms with Gasteiger partial charge in [0.05, 0.1) is 32.8 Å². The zero-order valence-corrected chi connectivity index (χ0v) is 8.41. The Morgan fingerprint density at radius 1 is 1.00 bits per heavy atom. The molecule has 0 unspecified atom stereocenters. The molecule has 2 fully saturated rings. The first-order valence-electron chi connectivity index (χ1n) is 5.53. The van der Waals surface area contributed by atoms with Crippen LogP contribution in [0.2, 0.25) is 0 Å². The van der Waals surface area contributed by atoms with E-state index in [4.69, 9.17) is 5.11 Å². The van der Waals surface area contributed by atoms with E-state index >= 15 is 0 Å². The molecule has 2 rings (SSSR count). The van der Waals surface area contributed by atoms with Crippen molar-refractivity contribution in [3.63, 3.8) is 0 Å². The van der Waals surface area contributed by atoms with Crippen LogP contribution in [0.4, 0.5) is 0 Å². The van der Waals surface area contributed by atoms with Crippen molar-refractivity contribution in [1.82, 2.24) is 4.90 Å². The molecule has 0 aromatic rings. The van der Waals surface area contributed by atoms with Gasteiger partial charge in [-0.05, 0) is 0 Å². The third kappa shape index (κ3) is 2.03. The van der Waals surface area contributed by atoms with Crippen LogP contribution in [0.5, 0.6) is 0 Å². The minimum atomic E-state index is 0.319. The van der Waals surface area contributed by atoms with Crippen LogP contribution in [0.1, 0.15) is 12.8 Å². The van der Waals surface area contributed by atoms with E-state index in [9.17, 15) is 0 Å². The zero-order chi connectivity index (χ0) is 9.15. The van der Waals surface area contributed by atoms with Crippen LogP contribution < -0.4 is 0 Å². The van der Waals surface area contributed by atoms with Crippen LogP contribution in [0.25, 0.3) is 0 Å². The molecule has 1 spiro atoms. The van der Waals surface area contributed by atoms with E-state index < -0.39 is 0 Å². The van der Waals surface area contributed by atoms with Crippen LogP contribution >= 0.6 is 0 Å². The summed E-state index contributed by atoms with van der Waals surface area (Å²) in [6, 6.07) is 0. The lowest BCUT2D eigenvalue weighted by molar-refractivity contribution is -0.920. The van der Waals surface area contributed by atoms with Crippen molar-refractivity contribution < 1.29 is 9.59 Å². The van der Waals surface area contributed by atoms with E-state index in [1.165, 1.54) is 56.6 Å². The fourth-order valence-electron chi connectivity index (χ4n) is 2.75. The first kappa shape index (κ1) is 9.44. The fraction of sp³-hybridized carbons (Fsp3) is 1.00. The summed E-state index contributed by atoms with van der Waals surface area (Å²) in [4.78, 5) is 2.39. The van der Waals surface area contributed by atoms with Crippen molar-refractivity contribution in [2.24, 2.45) is 0 Å². The lowest BCUT2D eigenvalue weighted by Gasteiger charge is -2.41.